The van der Waals surface area contributed by atoms with Crippen molar-refractivity contribution in [1.29, 1.82) is 0 Å². The van der Waals surface area contributed by atoms with Gasteiger partial charge in [0.25, 0.3) is 0 Å². The Bertz CT molecular complexity index is 1450. The molecule has 202 valence electrons. The van der Waals surface area contributed by atoms with Crippen LogP contribution in [0.3, 0.4) is 0 Å². The second-order valence-corrected chi connectivity index (χ2v) is 10.1. The Morgan fingerprint density at radius 1 is 0.872 bits per heavy atom. The molecule has 6 nitrogen and oxygen atoms in total. The highest BCUT2D eigenvalue weighted by Crippen LogP contribution is 2.32. The summed E-state index contributed by atoms with van der Waals surface area (Å²) >= 11 is 0. The van der Waals surface area contributed by atoms with Gasteiger partial charge in [-0.2, -0.15) is 13.2 Å². The fraction of sp³-hybridized carbons (Fsp3) is 0.233. The van der Waals surface area contributed by atoms with E-state index >= 15 is 0 Å². The van der Waals surface area contributed by atoms with Gasteiger partial charge >= 0.3 is 12.3 Å². The van der Waals surface area contributed by atoms with Gasteiger partial charge in [0.15, 0.2) is 0 Å². The minimum atomic E-state index is -4.49. The third-order valence-electron chi connectivity index (χ3n) is 6.16. The number of benzene rings is 2. The van der Waals surface area contributed by atoms with E-state index in [-0.39, 0.29) is 5.82 Å². The van der Waals surface area contributed by atoms with Crippen molar-refractivity contribution in [2.75, 3.05) is 11.9 Å². The van der Waals surface area contributed by atoms with E-state index in [1.165, 1.54) is 4.90 Å². The van der Waals surface area contributed by atoms with Crippen LogP contribution < -0.4 is 5.32 Å². The largest absolute Gasteiger partial charge is 0.465 e. The number of nitrogens with one attached hydrogen (secondary N) is 1. The number of amides is 1. The summed E-state index contributed by atoms with van der Waals surface area (Å²) in [5, 5.41) is 12.5. The number of aromatic nitrogens is 2. The lowest BCUT2D eigenvalue weighted by Gasteiger charge is -2.33. The van der Waals surface area contributed by atoms with Crippen LogP contribution in [0.2, 0.25) is 0 Å². The third kappa shape index (κ3) is 7.13. The van der Waals surface area contributed by atoms with Gasteiger partial charge in [0.1, 0.15) is 11.6 Å². The van der Waals surface area contributed by atoms with Crippen molar-refractivity contribution in [3.05, 3.63) is 96.2 Å². The Kier molecular flexibility index (Phi) is 7.90. The number of pyridine rings is 2. The normalized spacial score (nSPS) is 11.7. The number of hydrogen-bond donors (Lipinski definition) is 2. The van der Waals surface area contributed by atoms with Crippen molar-refractivity contribution in [2.24, 2.45) is 0 Å². The average Bonchev–Trinajstić information content (AvgIpc) is 2.88. The Balaban J connectivity index is 1.69. The molecule has 0 fully saturated rings. The van der Waals surface area contributed by atoms with Crippen molar-refractivity contribution in [1.82, 2.24) is 14.9 Å². The number of halogens is 3. The number of carbonyl (C=O) groups is 1. The minimum Gasteiger partial charge on any atom is -0.465 e. The summed E-state index contributed by atoms with van der Waals surface area (Å²) in [5.74, 6) is 0.367. The van der Waals surface area contributed by atoms with Crippen LogP contribution in [0.1, 0.15) is 31.9 Å². The van der Waals surface area contributed by atoms with E-state index in [9.17, 15) is 23.1 Å². The molecule has 0 atom stereocenters. The number of nitrogens with zero attached hydrogens (tertiary/aromatic N) is 3. The van der Waals surface area contributed by atoms with E-state index in [1.54, 1.807) is 6.07 Å². The first-order valence-corrected chi connectivity index (χ1v) is 12.4. The van der Waals surface area contributed by atoms with Crippen LogP contribution in [0.4, 0.5) is 29.6 Å². The Labute approximate surface area is 225 Å². The molecule has 0 saturated heterocycles. The average molecular weight is 535 g/mol. The van der Waals surface area contributed by atoms with Crippen LogP contribution in [0, 0.1) is 0 Å². The predicted molar refractivity (Wildman–Crippen MR) is 146 cm³/mol. The summed E-state index contributed by atoms with van der Waals surface area (Å²) in [5.41, 5.74) is 2.74. The fourth-order valence-corrected chi connectivity index (χ4v) is 4.19. The second kappa shape index (κ2) is 11.1. The van der Waals surface area contributed by atoms with Crippen LogP contribution in [0.25, 0.3) is 22.4 Å². The van der Waals surface area contributed by atoms with Crippen LogP contribution >= 0.6 is 0 Å². The summed E-state index contributed by atoms with van der Waals surface area (Å²) < 4.78 is 39.7. The lowest BCUT2D eigenvalue weighted by Crippen LogP contribution is -2.45. The molecular formula is C30H29F3N4O2. The standard InChI is InChI=1S/C30H29F3N4O2/c1-29(2,3)37(28(38)39)15-13-20-8-7-11-22(16-20)25-17-23(21-9-5-4-6-10-21)18-27(35-25)36-26-19-24(12-14-34-26)30(31,32)33/h4-12,14,16-19H,13,15H2,1-3H3,(H,38,39)(H,34,35,36). The van der Waals surface area contributed by atoms with Crippen LogP contribution in [0.15, 0.2) is 85.1 Å². The van der Waals surface area contributed by atoms with E-state index in [0.717, 1.165) is 40.6 Å². The molecule has 1 amide bonds. The minimum absolute atomic E-state index is 0.0261. The lowest BCUT2D eigenvalue weighted by atomic mass is 10.0. The van der Waals surface area contributed by atoms with E-state index in [1.807, 2.05) is 81.4 Å². The van der Waals surface area contributed by atoms with E-state index in [4.69, 9.17) is 0 Å². The molecule has 0 aliphatic rings. The molecule has 0 aliphatic heterocycles. The summed E-state index contributed by atoms with van der Waals surface area (Å²) in [4.78, 5) is 21.9. The summed E-state index contributed by atoms with van der Waals surface area (Å²) in [6, 6.07) is 22.8. The zero-order chi connectivity index (χ0) is 28.2. The molecule has 2 aromatic heterocycles. The molecule has 4 rings (SSSR count). The highest BCUT2D eigenvalue weighted by molar-refractivity contribution is 5.75. The van der Waals surface area contributed by atoms with Gasteiger partial charge in [-0.15, -0.1) is 0 Å². The second-order valence-electron chi connectivity index (χ2n) is 10.1. The first-order valence-electron chi connectivity index (χ1n) is 12.4. The van der Waals surface area contributed by atoms with Crippen LogP contribution in [0.5, 0.6) is 0 Å². The Hall–Kier alpha value is -4.40. The van der Waals surface area contributed by atoms with Crippen molar-refractivity contribution < 1.29 is 23.1 Å². The summed E-state index contributed by atoms with van der Waals surface area (Å²) in [6.45, 7) is 5.88. The Morgan fingerprint density at radius 3 is 2.26 bits per heavy atom. The van der Waals surface area contributed by atoms with Gasteiger partial charge in [-0.1, -0.05) is 48.5 Å². The van der Waals surface area contributed by atoms with Crippen LogP contribution in [-0.2, 0) is 12.6 Å². The lowest BCUT2D eigenvalue weighted by molar-refractivity contribution is -0.137. The highest BCUT2D eigenvalue weighted by atomic mass is 19.4. The predicted octanol–water partition coefficient (Wildman–Crippen LogP) is 7.89. The first-order chi connectivity index (χ1) is 18.4. The maximum absolute atomic E-state index is 13.2. The van der Waals surface area contributed by atoms with Gasteiger partial charge in [-0.05, 0) is 74.2 Å². The number of rotatable bonds is 7. The van der Waals surface area contributed by atoms with Gasteiger partial charge in [0, 0.05) is 23.8 Å². The van der Waals surface area contributed by atoms with Gasteiger partial charge in [-0.3, -0.25) is 0 Å². The molecule has 0 saturated carbocycles. The SMILES string of the molecule is CC(C)(C)N(CCc1cccc(-c2cc(-c3ccccc3)cc(Nc3cc(C(F)(F)F)ccn3)n2)c1)C(=O)O. The van der Waals surface area contributed by atoms with Crippen molar-refractivity contribution >= 4 is 17.7 Å². The van der Waals surface area contributed by atoms with E-state index in [2.05, 4.69) is 15.3 Å². The zero-order valence-corrected chi connectivity index (χ0v) is 21.8. The molecule has 2 aromatic carbocycles. The smallest absolute Gasteiger partial charge is 0.416 e. The van der Waals surface area contributed by atoms with Gasteiger partial charge in [0.2, 0.25) is 0 Å². The number of carboxylic acid groups (broad SMARTS) is 1. The quantitative estimate of drug-likeness (QED) is 0.252. The third-order valence-corrected chi connectivity index (χ3v) is 6.16. The molecule has 2 heterocycles. The van der Waals surface area contributed by atoms with Gasteiger partial charge in [0.05, 0.1) is 11.3 Å². The molecule has 9 heteroatoms. The molecule has 2 N–H and O–H groups in total. The van der Waals surface area contributed by atoms with Gasteiger partial charge in [-0.25, -0.2) is 14.8 Å². The van der Waals surface area contributed by atoms with Crippen molar-refractivity contribution in [3.8, 4) is 22.4 Å². The van der Waals surface area contributed by atoms with E-state index < -0.39 is 23.4 Å². The molecule has 4 aromatic rings. The van der Waals surface area contributed by atoms with Crippen LogP contribution in [-0.4, -0.2) is 38.2 Å². The Morgan fingerprint density at radius 2 is 1.59 bits per heavy atom. The molecule has 0 bridgehead atoms. The zero-order valence-electron chi connectivity index (χ0n) is 21.8. The number of anilines is 2. The van der Waals surface area contributed by atoms with Crippen molar-refractivity contribution in [3.63, 3.8) is 0 Å². The maximum Gasteiger partial charge on any atom is 0.416 e. The summed E-state index contributed by atoms with van der Waals surface area (Å²) in [6.07, 6.45) is -3.85. The highest BCUT2D eigenvalue weighted by Gasteiger charge is 2.31. The van der Waals surface area contributed by atoms with E-state index in [0.29, 0.717) is 24.5 Å². The fourth-order valence-electron chi connectivity index (χ4n) is 4.19. The first kappa shape index (κ1) is 27.6. The molecule has 0 aliphatic carbocycles. The molecule has 0 spiro atoms. The molecule has 0 unspecified atom stereocenters. The molecule has 39 heavy (non-hydrogen) atoms. The van der Waals surface area contributed by atoms with Crippen molar-refractivity contribution in [2.45, 2.75) is 38.9 Å². The number of hydrogen-bond acceptors (Lipinski definition) is 4. The van der Waals surface area contributed by atoms with Gasteiger partial charge < -0.3 is 15.3 Å². The maximum atomic E-state index is 13.2. The molecular weight excluding hydrogens is 505 g/mol. The monoisotopic (exact) mass is 534 g/mol. The number of alkyl halides is 3. The molecule has 0 radical (unpaired) electrons. The summed E-state index contributed by atoms with van der Waals surface area (Å²) in [7, 11) is 0. The topological polar surface area (TPSA) is 78.3 Å².